The molecule has 8 heteroatoms. The van der Waals surface area contributed by atoms with E-state index in [1.54, 1.807) is 13.8 Å². The molecule has 0 radical (unpaired) electrons. The summed E-state index contributed by atoms with van der Waals surface area (Å²) in [6.07, 6.45) is 0. The van der Waals surface area contributed by atoms with Crippen molar-refractivity contribution in [3.8, 4) is 5.75 Å². The van der Waals surface area contributed by atoms with E-state index < -0.39 is 23.4 Å². The first-order valence-corrected chi connectivity index (χ1v) is 9.18. The van der Waals surface area contributed by atoms with Crippen LogP contribution < -0.4 is 5.32 Å². The van der Waals surface area contributed by atoms with Crippen LogP contribution in [0.5, 0.6) is 5.75 Å². The minimum atomic E-state index is -0.882. The number of phenolic OH excluding ortho intramolecular Hbond substituents is 1. The first kappa shape index (κ1) is 20.2. The number of aromatic hydroxyl groups is 1. The third kappa shape index (κ3) is 3.12. The molecule has 1 heterocycles. The topological polar surface area (TPSA) is 71.3 Å². The van der Waals surface area contributed by atoms with Crippen molar-refractivity contribution in [3.63, 3.8) is 0 Å². The van der Waals surface area contributed by atoms with E-state index in [2.05, 4.69) is 5.32 Å². The number of likely N-dealkylation sites (N-methyl/N-ethyl adjacent to an activating group) is 1. The van der Waals surface area contributed by atoms with Crippen LogP contribution in [-0.4, -0.2) is 28.5 Å². The number of benzene rings is 2. The van der Waals surface area contributed by atoms with Gasteiger partial charge < -0.3 is 10.4 Å². The second-order valence-electron chi connectivity index (χ2n) is 6.40. The minimum Gasteiger partial charge on any atom is -0.505 e. The highest BCUT2D eigenvalue weighted by Crippen LogP contribution is 2.37. The number of fused-ring (bicyclic) bond motifs is 1. The van der Waals surface area contributed by atoms with Crippen LogP contribution in [-0.2, 0) is 4.79 Å². The van der Waals surface area contributed by atoms with Gasteiger partial charge in [-0.05, 0) is 49.7 Å². The summed E-state index contributed by atoms with van der Waals surface area (Å²) in [4.78, 5) is 25.4. The minimum absolute atomic E-state index is 0.0296. The van der Waals surface area contributed by atoms with Gasteiger partial charge in [0.05, 0.1) is 21.5 Å². The Morgan fingerprint density at radius 1 is 1.18 bits per heavy atom. The second kappa shape index (κ2) is 7.45. The van der Waals surface area contributed by atoms with Gasteiger partial charge in [0.2, 0.25) is 5.91 Å². The molecule has 0 fully saturated rings. The van der Waals surface area contributed by atoms with Gasteiger partial charge in [-0.2, -0.15) is 0 Å². The molecule has 1 amide bonds. The lowest BCUT2D eigenvalue weighted by Crippen LogP contribution is -2.24. The molecule has 0 saturated carbocycles. The molecule has 0 aliphatic rings. The monoisotopic (exact) mass is 422 g/mol. The number of halogens is 3. The molecule has 146 valence electrons. The molecule has 3 rings (SSSR count). The maximum atomic E-state index is 14.8. The van der Waals surface area contributed by atoms with Crippen LogP contribution in [0.25, 0.3) is 10.9 Å². The predicted octanol–water partition coefficient (Wildman–Crippen LogP) is 4.64. The fourth-order valence-electron chi connectivity index (χ4n) is 3.38. The molecule has 0 spiro atoms. The Morgan fingerprint density at radius 2 is 1.86 bits per heavy atom. The van der Waals surface area contributed by atoms with Crippen molar-refractivity contribution < 1.29 is 19.1 Å². The summed E-state index contributed by atoms with van der Waals surface area (Å²) in [5.41, 5.74) is 1.22. The van der Waals surface area contributed by atoms with Crippen LogP contribution in [0.1, 0.15) is 34.5 Å². The Balaban J connectivity index is 2.33. The first-order chi connectivity index (χ1) is 13.2. The number of hydrogen-bond acceptors (Lipinski definition) is 3. The maximum Gasteiger partial charge on any atom is 0.262 e. The SMILES string of the molecule is CNC(=O)[C@@H](C)c1c(C)n(C(=O)c2ccc(Cl)c(Cl)c2)c2ccc(O)c(F)c12. The van der Waals surface area contributed by atoms with Gasteiger partial charge in [0.1, 0.15) is 0 Å². The van der Waals surface area contributed by atoms with E-state index in [9.17, 15) is 19.1 Å². The van der Waals surface area contributed by atoms with Crippen LogP contribution in [0, 0.1) is 12.7 Å². The summed E-state index contributed by atoms with van der Waals surface area (Å²) in [5, 5.41) is 12.9. The number of nitrogens with zero attached hydrogens (tertiary/aromatic N) is 1. The smallest absolute Gasteiger partial charge is 0.262 e. The Hall–Kier alpha value is -2.57. The number of carbonyl (C=O) groups excluding carboxylic acids is 2. The van der Waals surface area contributed by atoms with Crippen molar-refractivity contribution in [1.29, 1.82) is 0 Å². The van der Waals surface area contributed by atoms with Gasteiger partial charge in [-0.3, -0.25) is 14.2 Å². The molecule has 0 aliphatic carbocycles. The number of nitrogens with one attached hydrogen (secondary N) is 1. The van der Waals surface area contributed by atoms with E-state index in [0.29, 0.717) is 16.3 Å². The Bertz CT molecular complexity index is 1120. The molecule has 1 aromatic heterocycles. The third-order valence-corrected chi connectivity index (χ3v) is 5.52. The van der Waals surface area contributed by atoms with Gasteiger partial charge in [-0.1, -0.05) is 23.2 Å². The Morgan fingerprint density at radius 3 is 2.46 bits per heavy atom. The summed E-state index contributed by atoms with van der Waals surface area (Å²) >= 11 is 11.9. The number of rotatable bonds is 3. The van der Waals surface area contributed by atoms with Crippen molar-refractivity contribution in [2.45, 2.75) is 19.8 Å². The van der Waals surface area contributed by atoms with Crippen molar-refractivity contribution in [1.82, 2.24) is 9.88 Å². The maximum absolute atomic E-state index is 14.8. The zero-order chi connectivity index (χ0) is 20.7. The fourth-order valence-corrected chi connectivity index (χ4v) is 3.67. The van der Waals surface area contributed by atoms with E-state index in [1.165, 1.54) is 41.9 Å². The molecule has 5 nitrogen and oxygen atoms in total. The fraction of sp³-hybridized carbons (Fsp3) is 0.200. The third-order valence-electron chi connectivity index (χ3n) is 4.78. The molecular weight excluding hydrogens is 406 g/mol. The van der Waals surface area contributed by atoms with Gasteiger partial charge in [-0.15, -0.1) is 0 Å². The molecule has 0 unspecified atom stereocenters. The van der Waals surface area contributed by atoms with Crippen LogP contribution in [0.4, 0.5) is 4.39 Å². The number of phenols is 1. The summed E-state index contributed by atoms with van der Waals surface area (Å²) in [5.74, 6) is -2.98. The first-order valence-electron chi connectivity index (χ1n) is 8.42. The van der Waals surface area contributed by atoms with Crippen LogP contribution in [0.3, 0.4) is 0 Å². The molecule has 3 aromatic rings. The number of carbonyl (C=O) groups is 2. The average molecular weight is 423 g/mol. The lowest BCUT2D eigenvalue weighted by atomic mass is 9.96. The largest absolute Gasteiger partial charge is 0.505 e. The van der Waals surface area contributed by atoms with Gasteiger partial charge in [0.15, 0.2) is 11.6 Å². The number of aromatic nitrogens is 1. The second-order valence-corrected chi connectivity index (χ2v) is 7.21. The molecule has 0 bridgehead atoms. The standard InChI is InChI=1S/C20H17Cl2FN2O3/c1-9(19(27)24-3)16-10(2)25(14-6-7-15(26)18(23)17(14)16)20(28)11-4-5-12(21)13(22)8-11/h4-9,26H,1-3H3,(H,24,27)/t9-/m0/s1. The molecule has 2 aromatic carbocycles. The molecule has 0 aliphatic heterocycles. The van der Waals surface area contributed by atoms with Crippen molar-refractivity contribution in [2.75, 3.05) is 7.05 Å². The van der Waals surface area contributed by atoms with Crippen molar-refractivity contribution in [2.24, 2.45) is 0 Å². The van der Waals surface area contributed by atoms with Crippen molar-refractivity contribution >= 4 is 45.9 Å². The Labute approximate surface area is 170 Å². The molecular formula is C20H17Cl2FN2O3. The molecule has 0 saturated heterocycles. The summed E-state index contributed by atoms with van der Waals surface area (Å²) < 4.78 is 16.1. The van der Waals surface area contributed by atoms with E-state index in [-0.39, 0.29) is 27.4 Å². The number of amides is 1. The quantitative estimate of drug-likeness (QED) is 0.645. The van der Waals surface area contributed by atoms with Crippen LogP contribution >= 0.6 is 23.2 Å². The van der Waals surface area contributed by atoms with E-state index in [1.807, 2.05) is 0 Å². The highest BCUT2D eigenvalue weighted by molar-refractivity contribution is 6.42. The average Bonchev–Trinajstić information content (AvgIpc) is 2.97. The zero-order valence-electron chi connectivity index (χ0n) is 15.3. The predicted molar refractivity (Wildman–Crippen MR) is 107 cm³/mol. The van der Waals surface area contributed by atoms with Crippen LogP contribution in [0.2, 0.25) is 10.0 Å². The lowest BCUT2D eigenvalue weighted by molar-refractivity contribution is -0.121. The van der Waals surface area contributed by atoms with Gasteiger partial charge in [0.25, 0.3) is 5.91 Å². The van der Waals surface area contributed by atoms with Gasteiger partial charge in [0, 0.05) is 23.7 Å². The Kier molecular flexibility index (Phi) is 5.37. The van der Waals surface area contributed by atoms with E-state index >= 15 is 0 Å². The highest BCUT2D eigenvalue weighted by atomic mass is 35.5. The molecule has 1 atom stereocenters. The van der Waals surface area contributed by atoms with E-state index in [4.69, 9.17) is 23.2 Å². The van der Waals surface area contributed by atoms with Crippen LogP contribution in [0.15, 0.2) is 30.3 Å². The van der Waals surface area contributed by atoms with E-state index in [0.717, 1.165) is 0 Å². The molecule has 2 N–H and O–H groups in total. The summed E-state index contributed by atoms with van der Waals surface area (Å²) in [7, 11) is 1.47. The molecule has 28 heavy (non-hydrogen) atoms. The van der Waals surface area contributed by atoms with Gasteiger partial charge >= 0.3 is 0 Å². The van der Waals surface area contributed by atoms with Crippen molar-refractivity contribution in [3.05, 3.63) is 63.0 Å². The normalized spacial score (nSPS) is 12.2. The lowest BCUT2D eigenvalue weighted by Gasteiger charge is -2.12. The zero-order valence-corrected chi connectivity index (χ0v) is 16.8. The summed E-state index contributed by atoms with van der Waals surface area (Å²) in [6.45, 7) is 3.23. The summed E-state index contributed by atoms with van der Waals surface area (Å²) in [6, 6.07) is 7.05. The van der Waals surface area contributed by atoms with Gasteiger partial charge in [-0.25, -0.2) is 4.39 Å². The number of hydrogen-bond donors (Lipinski definition) is 2. The highest BCUT2D eigenvalue weighted by Gasteiger charge is 2.29.